The van der Waals surface area contributed by atoms with Gasteiger partial charge in [0.05, 0.1) is 0 Å². The lowest BCUT2D eigenvalue weighted by Gasteiger charge is -2.07. The van der Waals surface area contributed by atoms with Crippen molar-refractivity contribution in [2.75, 3.05) is 6.54 Å². The van der Waals surface area contributed by atoms with Crippen molar-refractivity contribution in [2.24, 2.45) is 5.92 Å². The number of unbranched alkanes of at least 4 members (excludes halogenated alkanes) is 1. The van der Waals surface area contributed by atoms with E-state index in [4.69, 9.17) is 6.42 Å². The summed E-state index contributed by atoms with van der Waals surface area (Å²) >= 11 is 0. The molecule has 0 aromatic rings. The zero-order valence-corrected chi connectivity index (χ0v) is 8.46. The van der Waals surface area contributed by atoms with Crippen LogP contribution >= 0.6 is 0 Å². The van der Waals surface area contributed by atoms with Gasteiger partial charge in [-0.15, -0.1) is 12.3 Å². The summed E-state index contributed by atoms with van der Waals surface area (Å²) in [6.45, 7) is 0.708. The maximum absolute atomic E-state index is 11.4. The van der Waals surface area contributed by atoms with Crippen LogP contribution in [-0.2, 0) is 4.79 Å². The Labute approximate surface area is 85.8 Å². The summed E-state index contributed by atoms with van der Waals surface area (Å²) in [7, 11) is 0. The summed E-state index contributed by atoms with van der Waals surface area (Å²) in [6, 6.07) is 0. The number of hydrogen-bond donors (Lipinski definition) is 1. The molecule has 0 saturated carbocycles. The minimum atomic E-state index is 0.151. The van der Waals surface area contributed by atoms with Crippen molar-refractivity contribution in [3.63, 3.8) is 0 Å². The molecular weight excluding hydrogens is 174 g/mol. The van der Waals surface area contributed by atoms with Crippen molar-refractivity contribution in [2.45, 2.75) is 32.1 Å². The van der Waals surface area contributed by atoms with Gasteiger partial charge < -0.3 is 5.32 Å². The van der Waals surface area contributed by atoms with Crippen molar-refractivity contribution in [3.8, 4) is 12.3 Å². The lowest BCUT2D eigenvalue weighted by Crippen LogP contribution is -2.25. The predicted molar refractivity (Wildman–Crippen MR) is 57.6 cm³/mol. The van der Waals surface area contributed by atoms with Crippen LogP contribution in [0.25, 0.3) is 0 Å². The predicted octanol–water partition coefficient (Wildman–Crippen LogP) is 1.87. The van der Waals surface area contributed by atoms with Crippen LogP contribution in [0.1, 0.15) is 32.1 Å². The maximum Gasteiger partial charge on any atom is 0.220 e. The highest BCUT2D eigenvalue weighted by atomic mass is 16.1. The Kier molecular flexibility index (Phi) is 4.85. The SMILES string of the molecule is C#CCCCNC(=O)CC1C=CCC1. The Hall–Kier alpha value is -1.23. The number of amides is 1. The summed E-state index contributed by atoms with van der Waals surface area (Å²) in [5, 5.41) is 2.88. The van der Waals surface area contributed by atoms with Crippen LogP contribution in [0.2, 0.25) is 0 Å². The second-order valence-electron chi connectivity index (χ2n) is 3.63. The van der Waals surface area contributed by atoms with E-state index in [-0.39, 0.29) is 5.91 Å². The monoisotopic (exact) mass is 191 g/mol. The van der Waals surface area contributed by atoms with E-state index in [2.05, 4.69) is 23.4 Å². The molecule has 0 radical (unpaired) electrons. The highest BCUT2D eigenvalue weighted by molar-refractivity contribution is 5.76. The summed E-state index contributed by atoms with van der Waals surface area (Å²) < 4.78 is 0. The van der Waals surface area contributed by atoms with Crippen molar-refractivity contribution in [3.05, 3.63) is 12.2 Å². The van der Waals surface area contributed by atoms with Gasteiger partial charge in [0.2, 0.25) is 5.91 Å². The van der Waals surface area contributed by atoms with Gasteiger partial charge in [-0.25, -0.2) is 0 Å². The molecule has 2 heteroatoms. The number of terminal acetylenes is 1. The molecule has 1 rings (SSSR count). The van der Waals surface area contributed by atoms with Gasteiger partial charge in [-0.2, -0.15) is 0 Å². The fourth-order valence-corrected chi connectivity index (χ4v) is 1.59. The van der Waals surface area contributed by atoms with Crippen molar-refractivity contribution in [1.82, 2.24) is 5.32 Å². The Morgan fingerprint density at radius 1 is 1.64 bits per heavy atom. The smallest absolute Gasteiger partial charge is 0.220 e. The Bertz CT molecular complexity index is 250. The van der Waals surface area contributed by atoms with Gasteiger partial charge in [0, 0.05) is 19.4 Å². The van der Waals surface area contributed by atoms with E-state index in [1.54, 1.807) is 0 Å². The van der Waals surface area contributed by atoms with E-state index < -0.39 is 0 Å². The van der Waals surface area contributed by atoms with Gasteiger partial charge in [0.25, 0.3) is 0 Å². The summed E-state index contributed by atoms with van der Waals surface area (Å²) in [4.78, 5) is 11.4. The first kappa shape index (κ1) is 10.8. The van der Waals surface area contributed by atoms with E-state index in [0.29, 0.717) is 18.9 Å². The first-order chi connectivity index (χ1) is 6.83. The molecule has 76 valence electrons. The minimum absolute atomic E-state index is 0.151. The molecule has 0 aliphatic heterocycles. The summed E-state index contributed by atoms with van der Waals surface area (Å²) in [5.74, 6) is 3.16. The van der Waals surface area contributed by atoms with E-state index in [1.807, 2.05) is 0 Å². The number of nitrogens with one attached hydrogen (secondary N) is 1. The number of hydrogen-bond acceptors (Lipinski definition) is 1. The zero-order valence-electron chi connectivity index (χ0n) is 8.46. The highest BCUT2D eigenvalue weighted by Gasteiger charge is 2.12. The van der Waals surface area contributed by atoms with Crippen molar-refractivity contribution < 1.29 is 4.79 Å². The molecule has 1 N–H and O–H groups in total. The molecule has 0 bridgehead atoms. The summed E-state index contributed by atoms with van der Waals surface area (Å²) in [6.07, 6.45) is 13.9. The van der Waals surface area contributed by atoms with Gasteiger partial charge in [0.15, 0.2) is 0 Å². The van der Waals surface area contributed by atoms with Crippen LogP contribution in [0.5, 0.6) is 0 Å². The van der Waals surface area contributed by atoms with Gasteiger partial charge in [0.1, 0.15) is 0 Å². The van der Waals surface area contributed by atoms with E-state index in [0.717, 1.165) is 25.7 Å². The fraction of sp³-hybridized carbons (Fsp3) is 0.583. The van der Waals surface area contributed by atoms with Crippen LogP contribution in [0.15, 0.2) is 12.2 Å². The second-order valence-corrected chi connectivity index (χ2v) is 3.63. The molecule has 1 atom stereocenters. The first-order valence-corrected chi connectivity index (χ1v) is 5.19. The Balaban J connectivity index is 2.04. The molecule has 0 spiro atoms. The lowest BCUT2D eigenvalue weighted by atomic mass is 10.1. The number of carbonyl (C=O) groups is 1. The maximum atomic E-state index is 11.4. The molecule has 1 unspecified atom stereocenters. The molecule has 1 aliphatic carbocycles. The highest BCUT2D eigenvalue weighted by Crippen LogP contribution is 2.19. The molecule has 1 amide bonds. The van der Waals surface area contributed by atoms with Crippen LogP contribution in [0.4, 0.5) is 0 Å². The van der Waals surface area contributed by atoms with Crippen LogP contribution < -0.4 is 5.32 Å². The van der Waals surface area contributed by atoms with E-state index in [1.165, 1.54) is 0 Å². The first-order valence-electron chi connectivity index (χ1n) is 5.19. The molecule has 0 heterocycles. The molecule has 0 fully saturated rings. The second kappa shape index (κ2) is 6.26. The molecule has 1 aliphatic rings. The minimum Gasteiger partial charge on any atom is -0.356 e. The quantitative estimate of drug-likeness (QED) is 0.401. The number of rotatable bonds is 5. The van der Waals surface area contributed by atoms with Crippen molar-refractivity contribution in [1.29, 1.82) is 0 Å². The molecular formula is C12H17NO. The Morgan fingerprint density at radius 2 is 2.50 bits per heavy atom. The normalized spacial score (nSPS) is 19.2. The average molecular weight is 191 g/mol. The third-order valence-corrected chi connectivity index (χ3v) is 2.38. The zero-order chi connectivity index (χ0) is 10.2. The largest absolute Gasteiger partial charge is 0.356 e. The van der Waals surface area contributed by atoms with E-state index >= 15 is 0 Å². The average Bonchev–Trinajstić information content (AvgIpc) is 2.65. The van der Waals surface area contributed by atoms with Crippen LogP contribution in [0, 0.1) is 18.3 Å². The van der Waals surface area contributed by atoms with Gasteiger partial charge >= 0.3 is 0 Å². The molecule has 0 aromatic carbocycles. The van der Waals surface area contributed by atoms with Crippen LogP contribution in [0.3, 0.4) is 0 Å². The van der Waals surface area contributed by atoms with Crippen molar-refractivity contribution >= 4 is 5.91 Å². The fourth-order valence-electron chi connectivity index (χ4n) is 1.59. The van der Waals surface area contributed by atoms with Gasteiger partial charge in [-0.05, 0) is 25.2 Å². The standard InChI is InChI=1S/C12H17NO/c1-2-3-6-9-13-12(14)10-11-7-4-5-8-11/h1,4,7,11H,3,5-6,8-10H2,(H,13,14). The van der Waals surface area contributed by atoms with Crippen LogP contribution in [-0.4, -0.2) is 12.5 Å². The van der Waals surface area contributed by atoms with E-state index in [9.17, 15) is 4.79 Å². The Morgan fingerprint density at radius 3 is 3.14 bits per heavy atom. The molecule has 0 aromatic heterocycles. The molecule has 2 nitrogen and oxygen atoms in total. The third-order valence-electron chi connectivity index (χ3n) is 2.38. The summed E-state index contributed by atoms with van der Waals surface area (Å²) in [5.41, 5.74) is 0. The van der Waals surface area contributed by atoms with Gasteiger partial charge in [-0.3, -0.25) is 4.79 Å². The number of allylic oxidation sites excluding steroid dienone is 2. The molecule has 14 heavy (non-hydrogen) atoms. The lowest BCUT2D eigenvalue weighted by molar-refractivity contribution is -0.121. The topological polar surface area (TPSA) is 29.1 Å². The number of carbonyl (C=O) groups excluding carboxylic acids is 1. The van der Waals surface area contributed by atoms with Gasteiger partial charge in [-0.1, -0.05) is 12.2 Å². The third kappa shape index (κ3) is 4.13. The molecule has 0 saturated heterocycles.